The first-order valence-electron chi connectivity index (χ1n) is 11.7. The Morgan fingerprint density at radius 3 is 2.72 bits per heavy atom. The number of nitrogens with zero attached hydrogens (tertiary/aromatic N) is 5. The summed E-state index contributed by atoms with van der Waals surface area (Å²) in [5.74, 6) is 0.236. The van der Waals surface area contributed by atoms with Crippen molar-refractivity contribution in [2.24, 2.45) is 4.99 Å². The average molecular weight is 508 g/mol. The Hall–Kier alpha value is -3.53. The van der Waals surface area contributed by atoms with Crippen LogP contribution < -0.4 is 4.90 Å². The minimum atomic E-state index is -0.985. The van der Waals surface area contributed by atoms with Crippen molar-refractivity contribution in [2.45, 2.75) is 45.3 Å². The molecule has 2 aromatic heterocycles. The molecule has 184 valence electrons. The van der Waals surface area contributed by atoms with Crippen molar-refractivity contribution < 1.29 is 18.1 Å². The Balaban J connectivity index is 1.49. The highest BCUT2D eigenvalue weighted by Crippen LogP contribution is 2.39. The molecular weight excluding hydrogens is 484 g/mol. The molecule has 0 N–H and O–H groups in total. The molecule has 1 fully saturated rings. The Morgan fingerprint density at radius 2 is 2.00 bits per heavy atom. The number of amides is 1. The van der Waals surface area contributed by atoms with E-state index < -0.39 is 17.7 Å². The summed E-state index contributed by atoms with van der Waals surface area (Å²) < 4.78 is 35.2. The Morgan fingerprint density at radius 1 is 1.14 bits per heavy atom. The van der Waals surface area contributed by atoms with E-state index in [4.69, 9.17) is 9.51 Å². The number of aromatic nitrogens is 3. The van der Waals surface area contributed by atoms with Gasteiger partial charge < -0.3 is 14.0 Å². The van der Waals surface area contributed by atoms with E-state index in [1.165, 1.54) is 6.07 Å². The number of halogens is 2. The second-order valence-corrected chi connectivity index (χ2v) is 10.0. The van der Waals surface area contributed by atoms with Crippen LogP contribution >= 0.6 is 11.8 Å². The van der Waals surface area contributed by atoms with Crippen molar-refractivity contribution in [3.8, 4) is 11.1 Å². The number of carbonyl (C=O) groups excluding carboxylic acids is 1. The van der Waals surface area contributed by atoms with Gasteiger partial charge in [0, 0.05) is 36.0 Å². The predicted octanol–water partition coefficient (Wildman–Crippen LogP) is 5.60. The van der Waals surface area contributed by atoms with Gasteiger partial charge in [-0.15, -0.1) is 11.8 Å². The predicted molar refractivity (Wildman–Crippen MR) is 135 cm³/mol. The molecule has 4 aromatic rings. The number of benzene rings is 2. The van der Waals surface area contributed by atoms with Crippen LogP contribution in [-0.2, 0) is 11.3 Å². The highest BCUT2D eigenvalue weighted by Gasteiger charge is 2.37. The van der Waals surface area contributed by atoms with Gasteiger partial charge in [0.25, 0.3) is 0 Å². The first kappa shape index (κ1) is 22.9. The molecule has 2 aliphatic heterocycles. The summed E-state index contributed by atoms with van der Waals surface area (Å²) in [6, 6.07) is 9.30. The van der Waals surface area contributed by atoms with Crippen LogP contribution in [-0.4, -0.2) is 38.0 Å². The second kappa shape index (κ2) is 8.85. The molecule has 6 rings (SSSR count). The summed E-state index contributed by atoms with van der Waals surface area (Å²) >= 11 is 1.67. The molecule has 1 amide bonds. The van der Waals surface area contributed by atoms with Gasteiger partial charge in [-0.05, 0) is 50.1 Å². The molecule has 2 aliphatic rings. The number of aliphatic imine (C=N–C) groups is 1. The van der Waals surface area contributed by atoms with Gasteiger partial charge in [0.05, 0.1) is 34.4 Å². The van der Waals surface area contributed by atoms with E-state index in [2.05, 4.69) is 14.7 Å². The molecule has 0 aliphatic carbocycles. The van der Waals surface area contributed by atoms with Gasteiger partial charge in [-0.2, -0.15) is 0 Å². The summed E-state index contributed by atoms with van der Waals surface area (Å²) in [6.07, 6.45) is 0.829. The summed E-state index contributed by atoms with van der Waals surface area (Å²) in [5.41, 5.74) is 6.58. The highest BCUT2D eigenvalue weighted by molar-refractivity contribution is 8.12. The van der Waals surface area contributed by atoms with Crippen molar-refractivity contribution in [2.75, 3.05) is 10.7 Å². The van der Waals surface area contributed by atoms with Gasteiger partial charge in [-0.1, -0.05) is 11.2 Å². The lowest BCUT2D eigenvalue weighted by molar-refractivity contribution is -0.117. The lowest BCUT2D eigenvalue weighted by atomic mass is 10.0. The normalized spacial score (nSPS) is 19.8. The fourth-order valence-electron chi connectivity index (χ4n) is 5.17. The summed E-state index contributed by atoms with van der Waals surface area (Å²) in [4.78, 5) is 24.1. The van der Waals surface area contributed by atoms with E-state index in [9.17, 15) is 13.6 Å². The van der Waals surface area contributed by atoms with Crippen molar-refractivity contribution in [3.05, 3.63) is 65.3 Å². The zero-order valence-corrected chi connectivity index (χ0v) is 20.6. The van der Waals surface area contributed by atoms with Crippen LogP contribution in [0.5, 0.6) is 0 Å². The molecule has 2 atom stereocenters. The number of rotatable bonds is 5. The molecule has 0 radical (unpaired) electrons. The van der Waals surface area contributed by atoms with Crippen molar-refractivity contribution >= 4 is 39.9 Å². The van der Waals surface area contributed by atoms with E-state index >= 15 is 0 Å². The van der Waals surface area contributed by atoms with Gasteiger partial charge in [0.15, 0.2) is 11.6 Å². The van der Waals surface area contributed by atoms with Crippen LogP contribution in [0.1, 0.15) is 36.2 Å². The Labute approximate surface area is 210 Å². The third-order valence-electron chi connectivity index (χ3n) is 6.82. The van der Waals surface area contributed by atoms with Gasteiger partial charge in [0.2, 0.25) is 5.91 Å². The van der Waals surface area contributed by atoms with Crippen LogP contribution in [0.2, 0.25) is 0 Å². The summed E-state index contributed by atoms with van der Waals surface area (Å²) in [5, 5.41) is 4.07. The average Bonchev–Trinajstić information content (AvgIpc) is 3.64. The van der Waals surface area contributed by atoms with Gasteiger partial charge in [-0.25, -0.2) is 13.8 Å². The maximum absolute atomic E-state index is 14.1. The number of hydrogen-bond donors (Lipinski definition) is 0. The standard InChI is InChI=1S/C26H23F2N5O2S/c1-14-25(15(2)35-31-14)16-3-6-22-21(9-16)30-26(32(22)11-17-12-36-13-29-17)23-7-8-24(34)33(23)18-4-5-19(27)20(28)10-18/h3-6,9-10,13,17,23H,7-8,11-12H2,1-2H3/t17?,23-/m0/s1. The van der Waals surface area contributed by atoms with Crippen LogP contribution in [0.25, 0.3) is 22.2 Å². The SMILES string of the molecule is Cc1noc(C)c1-c1ccc2c(c1)nc([C@@H]1CCC(=O)N1c1ccc(F)c(F)c1)n2CC1CSC=N1. The summed E-state index contributed by atoms with van der Waals surface area (Å²) in [6.45, 7) is 4.39. The molecule has 36 heavy (non-hydrogen) atoms. The molecule has 1 unspecified atom stereocenters. The van der Waals surface area contributed by atoms with Crippen LogP contribution in [0.4, 0.5) is 14.5 Å². The third-order valence-corrected chi connectivity index (χ3v) is 7.67. The lowest BCUT2D eigenvalue weighted by Gasteiger charge is -2.26. The zero-order chi connectivity index (χ0) is 25.0. The van der Waals surface area contributed by atoms with E-state index in [-0.39, 0.29) is 11.9 Å². The highest BCUT2D eigenvalue weighted by atomic mass is 32.2. The zero-order valence-electron chi connectivity index (χ0n) is 19.7. The van der Waals surface area contributed by atoms with Gasteiger partial charge >= 0.3 is 0 Å². The largest absolute Gasteiger partial charge is 0.361 e. The third kappa shape index (κ3) is 3.80. The first-order chi connectivity index (χ1) is 17.4. The fraction of sp³-hybridized carbons (Fsp3) is 0.308. The van der Waals surface area contributed by atoms with E-state index in [1.54, 1.807) is 16.7 Å². The molecule has 2 aromatic carbocycles. The summed E-state index contributed by atoms with van der Waals surface area (Å²) in [7, 11) is 0. The minimum absolute atomic E-state index is 0.0854. The minimum Gasteiger partial charge on any atom is -0.361 e. The number of hydrogen-bond acceptors (Lipinski definition) is 6. The maximum atomic E-state index is 14.1. The van der Waals surface area contributed by atoms with Crippen LogP contribution in [0.15, 0.2) is 45.9 Å². The molecule has 1 saturated heterocycles. The van der Waals surface area contributed by atoms with Crippen LogP contribution in [0, 0.1) is 25.5 Å². The van der Waals surface area contributed by atoms with E-state index in [1.807, 2.05) is 37.6 Å². The van der Waals surface area contributed by atoms with Gasteiger partial charge in [0.1, 0.15) is 11.6 Å². The van der Waals surface area contributed by atoms with Crippen molar-refractivity contribution in [3.63, 3.8) is 0 Å². The number of imidazole rings is 1. The lowest BCUT2D eigenvalue weighted by Crippen LogP contribution is -2.30. The first-order valence-corrected chi connectivity index (χ1v) is 12.8. The topological polar surface area (TPSA) is 76.5 Å². The van der Waals surface area contributed by atoms with E-state index in [0.717, 1.165) is 51.5 Å². The Bertz CT molecular complexity index is 1510. The molecule has 10 heteroatoms. The number of fused-ring (bicyclic) bond motifs is 1. The number of carbonyl (C=O) groups is 1. The molecule has 7 nitrogen and oxygen atoms in total. The fourth-order valence-corrected chi connectivity index (χ4v) is 5.93. The molecule has 0 spiro atoms. The monoisotopic (exact) mass is 507 g/mol. The van der Waals surface area contributed by atoms with Gasteiger partial charge in [-0.3, -0.25) is 9.79 Å². The van der Waals surface area contributed by atoms with Crippen molar-refractivity contribution in [1.82, 2.24) is 14.7 Å². The molecule has 0 saturated carbocycles. The van der Waals surface area contributed by atoms with Crippen LogP contribution in [0.3, 0.4) is 0 Å². The Kier molecular flexibility index (Phi) is 5.63. The quantitative estimate of drug-likeness (QED) is 0.352. The second-order valence-electron chi connectivity index (χ2n) is 9.14. The number of aryl methyl sites for hydroxylation is 2. The molecule has 4 heterocycles. The maximum Gasteiger partial charge on any atom is 0.227 e. The molecule has 0 bridgehead atoms. The number of anilines is 1. The number of thioether (sulfide) groups is 1. The van der Waals surface area contributed by atoms with E-state index in [0.29, 0.717) is 30.9 Å². The van der Waals surface area contributed by atoms with Crippen molar-refractivity contribution in [1.29, 1.82) is 0 Å². The molecular formula is C26H23F2N5O2S. The smallest absolute Gasteiger partial charge is 0.227 e.